The van der Waals surface area contributed by atoms with E-state index in [1.54, 1.807) is 13.8 Å². The van der Waals surface area contributed by atoms with E-state index in [9.17, 15) is 8.22 Å². The lowest BCUT2D eigenvalue weighted by Crippen LogP contribution is -2.24. The highest BCUT2D eigenvalue weighted by Gasteiger charge is 2.49. The van der Waals surface area contributed by atoms with Crippen molar-refractivity contribution in [2.75, 3.05) is 0 Å². The third kappa shape index (κ3) is 2.18. The molecule has 1 aliphatic heterocycles. The van der Waals surface area contributed by atoms with Crippen LogP contribution in [0.15, 0.2) is 71.1 Å². The predicted molar refractivity (Wildman–Crippen MR) is 86.0 cm³/mol. The Morgan fingerprint density at radius 1 is 0.619 bits per heavy atom. The van der Waals surface area contributed by atoms with E-state index < -0.39 is 8.74 Å². The summed E-state index contributed by atoms with van der Waals surface area (Å²) in [5.41, 5.74) is 3.18. The zero-order valence-corrected chi connectivity index (χ0v) is 13.0. The van der Waals surface area contributed by atoms with E-state index >= 15 is 0 Å². The Morgan fingerprint density at radius 2 is 0.952 bits per heavy atom. The molecule has 0 atom stereocenters. The lowest BCUT2D eigenvalue weighted by atomic mass is 9.92. The second kappa shape index (κ2) is 5.08. The first-order valence-electron chi connectivity index (χ1n) is 6.95. The molecule has 0 radical (unpaired) electrons. The summed E-state index contributed by atoms with van der Waals surface area (Å²) in [5, 5.41) is 0.537. The first kappa shape index (κ1) is 14.0. The maximum Gasteiger partial charge on any atom is 0.480 e. The fourth-order valence-electron chi connectivity index (χ4n) is 2.90. The lowest BCUT2D eigenvalue weighted by molar-refractivity contribution is 0.635. The Kier molecular flexibility index (Phi) is 3.37. The van der Waals surface area contributed by atoms with Gasteiger partial charge in [0, 0.05) is 0 Å². The van der Waals surface area contributed by atoms with Gasteiger partial charge in [-0.25, -0.2) is 0 Å². The molecule has 106 valence electrons. The van der Waals surface area contributed by atoms with Gasteiger partial charge in [0.2, 0.25) is 0 Å². The minimum atomic E-state index is -4.48. The standard InChI is InChI=1S/C18H16F2Si/c1-13-17(15-9-5-3-6-10-15)18(14(2)21(13,19)20)16-11-7-4-8-12-16/h3-12H,1-2H3. The largest absolute Gasteiger partial charge is 0.480 e. The van der Waals surface area contributed by atoms with Crippen LogP contribution in [-0.2, 0) is 0 Å². The van der Waals surface area contributed by atoms with Crippen LogP contribution in [0.5, 0.6) is 0 Å². The van der Waals surface area contributed by atoms with Crippen LogP contribution in [0, 0.1) is 0 Å². The van der Waals surface area contributed by atoms with E-state index in [4.69, 9.17) is 0 Å². The SMILES string of the molecule is CC1=C(c2ccccc2)C(c2ccccc2)=C(C)[Si]1(F)F. The molecule has 21 heavy (non-hydrogen) atoms. The van der Waals surface area contributed by atoms with Crippen LogP contribution in [0.1, 0.15) is 25.0 Å². The minimum Gasteiger partial charge on any atom is -0.260 e. The third-order valence-corrected chi connectivity index (χ3v) is 6.45. The highest BCUT2D eigenvalue weighted by Crippen LogP contribution is 2.48. The van der Waals surface area contributed by atoms with E-state index in [0.29, 0.717) is 0 Å². The summed E-state index contributed by atoms with van der Waals surface area (Å²) >= 11 is 0. The van der Waals surface area contributed by atoms with Gasteiger partial charge in [0.15, 0.2) is 0 Å². The zero-order valence-electron chi connectivity index (χ0n) is 12.0. The summed E-state index contributed by atoms with van der Waals surface area (Å²) < 4.78 is 29.3. The van der Waals surface area contributed by atoms with Gasteiger partial charge < -0.3 is 0 Å². The topological polar surface area (TPSA) is 0 Å². The molecule has 3 heteroatoms. The van der Waals surface area contributed by atoms with Gasteiger partial charge >= 0.3 is 8.74 Å². The number of hydrogen-bond acceptors (Lipinski definition) is 0. The van der Waals surface area contributed by atoms with Crippen LogP contribution in [0.4, 0.5) is 8.22 Å². The normalized spacial score (nSPS) is 17.5. The monoisotopic (exact) mass is 298 g/mol. The van der Waals surface area contributed by atoms with Crippen molar-refractivity contribution >= 4 is 19.9 Å². The minimum absolute atomic E-state index is 0.269. The molecule has 0 saturated heterocycles. The van der Waals surface area contributed by atoms with Crippen LogP contribution in [-0.4, -0.2) is 8.74 Å². The van der Waals surface area contributed by atoms with Crippen LogP contribution >= 0.6 is 0 Å². The summed E-state index contributed by atoms with van der Waals surface area (Å²) in [7, 11) is -4.48. The molecule has 0 nitrogen and oxygen atoms in total. The van der Waals surface area contributed by atoms with Crippen molar-refractivity contribution in [2.24, 2.45) is 0 Å². The third-order valence-electron chi connectivity index (χ3n) is 4.07. The molecule has 0 spiro atoms. The zero-order chi connectivity index (χ0) is 15.0. The fraction of sp³-hybridized carbons (Fsp3) is 0.111. The van der Waals surface area contributed by atoms with E-state index in [0.717, 1.165) is 22.3 Å². The Bertz CT molecular complexity index is 665. The van der Waals surface area contributed by atoms with Gasteiger partial charge in [0.05, 0.1) is 0 Å². The van der Waals surface area contributed by atoms with Crippen molar-refractivity contribution in [2.45, 2.75) is 13.8 Å². The van der Waals surface area contributed by atoms with Crippen LogP contribution < -0.4 is 0 Å². The molecule has 1 heterocycles. The first-order chi connectivity index (χ1) is 10.0. The van der Waals surface area contributed by atoms with Crippen molar-refractivity contribution < 1.29 is 8.22 Å². The number of allylic oxidation sites excluding steroid dienone is 4. The fourth-order valence-corrected chi connectivity index (χ4v) is 4.63. The Balaban J connectivity index is 2.27. The van der Waals surface area contributed by atoms with Gasteiger partial charge in [-0.1, -0.05) is 60.7 Å². The first-order valence-corrected chi connectivity index (χ1v) is 8.71. The van der Waals surface area contributed by atoms with E-state index in [2.05, 4.69) is 0 Å². The molecular formula is C18H16F2Si. The van der Waals surface area contributed by atoms with Crippen molar-refractivity contribution in [3.63, 3.8) is 0 Å². The summed E-state index contributed by atoms with van der Waals surface area (Å²) in [6, 6.07) is 19.0. The van der Waals surface area contributed by atoms with Gasteiger partial charge in [0.1, 0.15) is 0 Å². The molecule has 2 aromatic rings. The van der Waals surface area contributed by atoms with E-state index in [-0.39, 0.29) is 10.4 Å². The molecule has 0 aromatic heterocycles. The summed E-state index contributed by atoms with van der Waals surface area (Å²) in [4.78, 5) is 0. The molecule has 3 rings (SSSR count). The summed E-state index contributed by atoms with van der Waals surface area (Å²) in [6.45, 7) is 3.18. The summed E-state index contributed by atoms with van der Waals surface area (Å²) in [5.74, 6) is 0. The van der Waals surface area contributed by atoms with Crippen molar-refractivity contribution in [1.29, 1.82) is 0 Å². The average molecular weight is 298 g/mol. The molecule has 0 aliphatic carbocycles. The van der Waals surface area contributed by atoms with Gasteiger partial charge in [-0.3, -0.25) is 8.22 Å². The van der Waals surface area contributed by atoms with Crippen molar-refractivity contribution in [3.8, 4) is 0 Å². The van der Waals surface area contributed by atoms with Crippen LogP contribution in [0.25, 0.3) is 11.1 Å². The maximum atomic E-state index is 14.6. The lowest BCUT2D eigenvalue weighted by Gasteiger charge is -2.11. The smallest absolute Gasteiger partial charge is 0.260 e. The predicted octanol–water partition coefficient (Wildman–Crippen LogP) is 5.41. The Hall–Kier alpha value is -2.00. The van der Waals surface area contributed by atoms with Gasteiger partial charge in [0.25, 0.3) is 0 Å². The van der Waals surface area contributed by atoms with Gasteiger partial charge in [-0.05, 0) is 46.5 Å². The second-order valence-corrected chi connectivity index (χ2v) is 7.96. The molecule has 0 bridgehead atoms. The van der Waals surface area contributed by atoms with Crippen molar-refractivity contribution in [3.05, 3.63) is 82.2 Å². The molecule has 0 unspecified atom stereocenters. The second-order valence-electron chi connectivity index (χ2n) is 5.31. The Labute approximate surface area is 124 Å². The molecule has 0 saturated carbocycles. The highest BCUT2D eigenvalue weighted by molar-refractivity contribution is 6.85. The summed E-state index contributed by atoms with van der Waals surface area (Å²) in [6.07, 6.45) is 0. The van der Waals surface area contributed by atoms with Gasteiger partial charge in [-0.15, -0.1) is 0 Å². The molecule has 0 fully saturated rings. The van der Waals surface area contributed by atoms with E-state index in [1.165, 1.54) is 0 Å². The molecular weight excluding hydrogens is 282 g/mol. The number of halogens is 2. The molecule has 0 N–H and O–H groups in total. The maximum absolute atomic E-state index is 14.6. The number of rotatable bonds is 2. The average Bonchev–Trinajstić information content (AvgIpc) is 2.69. The van der Waals surface area contributed by atoms with Crippen LogP contribution in [0.3, 0.4) is 0 Å². The number of hydrogen-bond donors (Lipinski definition) is 0. The molecule has 1 aliphatic rings. The molecule has 0 amide bonds. The van der Waals surface area contributed by atoms with E-state index in [1.807, 2.05) is 60.7 Å². The van der Waals surface area contributed by atoms with Crippen LogP contribution in [0.2, 0.25) is 0 Å². The van der Waals surface area contributed by atoms with Gasteiger partial charge in [-0.2, -0.15) is 0 Å². The molecule has 2 aromatic carbocycles. The Morgan fingerprint density at radius 3 is 1.29 bits per heavy atom. The quantitative estimate of drug-likeness (QED) is 0.514. The highest BCUT2D eigenvalue weighted by atomic mass is 28.4. The van der Waals surface area contributed by atoms with Crippen molar-refractivity contribution in [1.82, 2.24) is 0 Å². The number of benzene rings is 2.